The highest BCUT2D eigenvalue weighted by Crippen LogP contribution is 2.24. The molecule has 0 aliphatic heterocycles. The van der Waals surface area contributed by atoms with E-state index in [1.54, 1.807) is 0 Å². The summed E-state index contributed by atoms with van der Waals surface area (Å²) >= 11 is 0. The molecule has 0 saturated carbocycles. The first-order valence-electron chi connectivity index (χ1n) is 5.18. The molecule has 1 aromatic rings. The van der Waals surface area contributed by atoms with Crippen molar-refractivity contribution in [2.75, 3.05) is 0 Å². The van der Waals surface area contributed by atoms with Crippen molar-refractivity contribution in [1.82, 2.24) is 0 Å². The van der Waals surface area contributed by atoms with Gasteiger partial charge in [0, 0.05) is 0 Å². The van der Waals surface area contributed by atoms with Gasteiger partial charge in [0.25, 0.3) is 0 Å². The molecule has 0 radical (unpaired) electrons. The maximum atomic E-state index is 10.2. The van der Waals surface area contributed by atoms with Gasteiger partial charge < -0.3 is 0 Å². The molecule has 1 rings (SSSR count). The third-order valence-electron chi connectivity index (χ3n) is 2.49. The highest BCUT2D eigenvalue weighted by molar-refractivity contribution is 5.74. The van der Waals surface area contributed by atoms with E-state index >= 15 is 0 Å². The van der Waals surface area contributed by atoms with Crippen molar-refractivity contribution >= 4 is 12.4 Å². The van der Waals surface area contributed by atoms with Crippen LogP contribution >= 0.6 is 0 Å². The van der Waals surface area contributed by atoms with Crippen molar-refractivity contribution in [3.63, 3.8) is 0 Å². The molecular formula is C14H18O. The maximum absolute atomic E-state index is 10.2. The number of allylic oxidation sites excluding steroid dienone is 1. The summed E-state index contributed by atoms with van der Waals surface area (Å²) in [5.74, 6) is 0. The number of carbonyl (C=O) groups excluding carboxylic acids is 1. The number of aldehydes is 1. The Balaban J connectivity index is 3.09. The fourth-order valence-corrected chi connectivity index (χ4v) is 1.47. The lowest BCUT2D eigenvalue weighted by atomic mass is 9.85. The summed E-state index contributed by atoms with van der Waals surface area (Å²) in [7, 11) is 0. The summed E-state index contributed by atoms with van der Waals surface area (Å²) in [5.41, 5.74) is 3.82. The second-order valence-electron chi connectivity index (χ2n) is 4.82. The molecule has 0 aliphatic carbocycles. The van der Waals surface area contributed by atoms with E-state index in [2.05, 4.69) is 45.9 Å². The van der Waals surface area contributed by atoms with Crippen LogP contribution in [0.5, 0.6) is 0 Å². The molecule has 0 saturated heterocycles. The average molecular weight is 202 g/mol. The van der Waals surface area contributed by atoms with Crippen LogP contribution in [0.1, 0.15) is 37.5 Å². The van der Waals surface area contributed by atoms with E-state index in [1.165, 1.54) is 17.2 Å². The number of rotatable bonds is 2. The van der Waals surface area contributed by atoms with Gasteiger partial charge in [-0.15, -0.1) is 0 Å². The molecule has 0 unspecified atom stereocenters. The number of aryl methyl sites for hydroxylation is 1. The molecule has 0 bridgehead atoms. The zero-order chi connectivity index (χ0) is 11.5. The predicted molar refractivity (Wildman–Crippen MR) is 65.0 cm³/mol. The van der Waals surface area contributed by atoms with Crippen LogP contribution in [0.25, 0.3) is 6.08 Å². The number of hydrogen-bond donors (Lipinski definition) is 0. The van der Waals surface area contributed by atoms with Crippen molar-refractivity contribution in [3.05, 3.63) is 41.0 Å². The minimum Gasteiger partial charge on any atom is -0.299 e. The first-order chi connectivity index (χ1) is 6.95. The monoisotopic (exact) mass is 202 g/mol. The van der Waals surface area contributed by atoms with Gasteiger partial charge >= 0.3 is 0 Å². The van der Waals surface area contributed by atoms with Crippen LogP contribution in [0.3, 0.4) is 0 Å². The molecule has 0 atom stereocenters. The van der Waals surface area contributed by atoms with Crippen molar-refractivity contribution in [2.45, 2.75) is 33.1 Å². The molecule has 80 valence electrons. The lowest BCUT2D eigenvalue weighted by molar-refractivity contribution is -0.104. The van der Waals surface area contributed by atoms with Crippen LogP contribution in [0.4, 0.5) is 0 Å². The minimum atomic E-state index is 0.178. The first-order valence-corrected chi connectivity index (χ1v) is 5.18. The van der Waals surface area contributed by atoms with Crippen LogP contribution in [0.2, 0.25) is 0 Å². The molecule has 1 nitrogen and oxygen atoms in total. The number of carbonyl (C=O) groups is 1. The molecule has 0 spiro atoms. The van der Waals surface area contributed by atoms with Gasteiger partial charge in [0.2, 0.25) is 0 Å². The van der Waals surface area contributed by atoms with Crippen LogP contribution in [0, 0.1) is 6.92 Å². The minimum absolute atomic E-state index is 0.178. The Bertz CT molecular complexity index is 381. The fraction of sp³-hybridized carbons (Fsp3) is 0.357. The molecular weight excluding hydrogens is 184 g/mol. The van der Waals surface area contributed by atoms with Gasteiger partial charge in [0.1, 0.15) is 6.29 Å². The second kappa shape index (κ2) is 4.43. The summed E-state index contributed by atoms with van der Waals surface area (Å²) < 4.78 is 0. The van der Waals surface area contributed by atoms with Crippen LogP contribution in [-0.2, 0) is 10.2 Å². The Kier molecular flexibility index (Phi) is 3.46. The molecule has 0 fully saturated rings. The Morgan fingerprint density at radius 1 is 1.20 bits per heavy atom. The fourth-order valence-electron chi connectivity index (χ4n) is 1.47. The first kappa shape index (κ1) is 11.7. The molecule has 1 heteroatoms. The normalized spacial score (nSPS) is 12.0. The third-order valence-corrected chi connectivity index (χ3v) is 2.49. The summed E-state index contributed by atoms with van der Waals surface area (Å²) in [6, 6.07) is 6.37. The van der Waals surface area contributed by atoms with E-state index in [4.69, 9.17) is 0 Å². The van der Waals surface area contributed by atoms with Gasteiger partial charge in [0.05, 0.1) is 0 Å². The maximum Gasteiger partial charge on any atom is 0.142 e. The van der Waals surface area contributed by atoms with Crippen LogP contribution in [-0.4, -0.2) is 6.29 Å². The van der Waals surface area contributed by atoms with E-state index in [0.717, 1.165) is 11.8 Å². The Hall–Kier alpha value is -1.37. The molecule has 0 N–H and O–H groups in total. The van der Waals surface area contributed by atoms with Crippen molar-refractivity contribution in [2.24, 2.45) is 0 Å². The van der Waals surface area contributed by atoms with Gasteiger partial charge in [-0.2, -0.15) is 0 Å². The summed E-state index contributed by atoms with van der Waals surface area (Å²) in [5, 5.41) is 0. The summed E-state index contributed by atoms with van der Waals surface area (Å²) in [6.45, 7) is 8.66. The van der Waals surface area contributed by atoms with E-state index in [9.17, 15) is 4.79 Å². The zero-order valence-corrected chi connectivity index (χ0v) is 9.87. The van der Waals surface area contributed by atoms with Gasteiger partial charge in [-0.25, -0.2) is 0 Å². The quantitative estimate of drug-likeness (QED) is 0.530. The largest absolute Gasteiger partial charge is 0.299 e. The summed E-state index contributed by atoms with van der Waals surface area (Å²) in [6.07, 6.45) is 4.17. The standard InChI is InChI=1S/C14H18O/c1-11-10-13(14(2,3)4)8-7-12(11)6-5-9-15/h5-10H,1-4H3/b6-5+. The summed E-state index contributed by atoms with van der Waals surface area (Å²) in [4.78, 5) is 10.2. The highest BCUT2D eigenvalue weighted by Gasteiger charge is 2.13. The van der Waals surface area contributed by atoms with Gasteiger partial charge in [-0.3, -0.25) is 4.79 Å². The molecule has 0 aromatic heterocycles. The number of hydrogen-bond acceptors (Lipinski definition) is 1. The van der Waals surface area contributed by atoms with Crippen molar-refractivity contribution in [1.29, 1.82) is 0 Å². The van der Waals surface area contributed by atoms with Crippen LogP contribution in [0.15, 0.2) is 24.3 Å². The van der Waals surface area contributed by atoms with Gasteiger partial charge in [-0.05, 0) is 35.1 Å². The zero-order valence-electron chi connectivity index (χ0n) is 9.87. The Morgan fingerprint density at radius 2 is 1.87 bits per heavy atom. The highest BCUT2D eigenvalue weighted by atomic mass is 16.1. The molecule has 0 heterocycles. The lowest BCUT2D eigenvalue weighted by Crippen LogP contribution is -2.11. The lowest BCUT2D eigenvalue weighted by Gasteiger charge is -2.20. The van der Waals surface area contributed by atoms with Crippen molar-refractivity contribution < 1.29 is 4.79 Å². The van der Waals surface area contributed by atoms with Gasteiger partial charge in [-0.1, -0.05) is 45.0 Å². The third kappa shape index (κ3) is 3.05. The Labute approximate surface area is 91.8 Å². The van der Waals surface area contributed by atoms with E-state index in [-0.39, 0.29) is 5.41 Å². The molecule has 1 aromatic carbocycles. The number of benzene rings is 1. The molecule has 0 aliphatic rings. The average Bonchev–Trinajstić information content (AvgIpc) is 2.14. The predicted octanol–water partition coefficient (Wildman–Crippen LogP) is 3.50. The van der Waals surface area contributed by atoms with Crippen LogP contribution < -0.4 is 0 Å². The molecule has 15 heavy (non-hydrogen) atoms. The molecule has 0 amide bonds. The smallest absolute Gasteiger partial charge is 0.142 e. The van der Waals surface area contributed by atoms with E-state index in [1.807, 2.05) is 6.08 Å². The topological polar surface area (TPSA) is 17.1 Å². The van der Waals surface area contributed by atoms with Gasteiger partial charge in [0.15, 0.2) is 0 Å². The second-order valence-corrected chi connectivity index (χ2v) is 4.82. The van der Waals surface area contributed by atoms with Crippen molar-refractivity contribution in [3.8, 4) is 0 Å². The van der Waals surface area contributed by atoms with E-state index in [0.29, 0.717) is 0 Å². The SMILES string of the molecule is Cc1cc(C(C)(C)C)ccc1/C=C/C=O. The van der Waals surface area contributed by atoms with E-state index < -0.39 is 0 Å². The Morgan fingerprint density at radius 3 is 2.33 bits per heavy atom.